The lowest BCUT2D eigenvalue weighted by Crippen LogP contribution is -1.81. The average Bonchev–Trinajstić information content (AvgIpc) is 2.68. The minimum atomic E-state index is 0.313. The van der Waals surface area contributed by atoms with Crippen molar-refractivity contribution < 1.29 is 4.42 Å². The zero-order chi connectivity index (χ0) is 11.5. The molecule has 0 aliphatic carbocycles. The molecule has 0 spiro atoms. The molecule has 0 saturated heterocycles. The van der Waals surface area contributed by atoms with Crippen LogP contribution in [0.4, 0.5) is 0 Å². The summed E-state index contributed by atoms with van der Waals surface area (Å²) in [4.78, 5) is 0. The summed E-state index contributed by atoms with van der Waals surface area (Å²) in [5.41, 5.74) is 6.48. The first kappa shape index (κ1) is 9.82. The van der Waals surface area contributed by atoms with Crippen LogP contribution < -0.4 is 5.73 Å². The lowest BCUT2D eigenvalue weighted by Gasteiger charge is -1.92. The van der Waals surface area contributed by atoms with Gasteiger partial charge in [0.05, 0.1) is 11.1 Å². The van der Waals surface area contributed by atoms with Crippen molar-refractivity contribution in [3.8, 4) is 12.1 Å². The average molecular weight is 209 g/mol. The van der Waals surface area contributed by atoms with E-state index in [2.05, 4.69) is 0 Å². The van der Waals surface area contributed by atoms with Crippen molar-refractivity contribution >= 4 is 17.0 Å². The minimum absolute atomic E-state index is 0.313. The summed E-state index contributed by atoms with van der Waals surface area (Å²) >= 11 is 0. The van der Waals surface area contributed by atoms with Crippen LogP contribution >= 0.6 is 0 Å². The Balaban J connectivity index is 2.71. The minimum Gasteiger partial charge on any atom is -0.457 e. The third-order valence-corrected chi connectivity index (χ3v) is 2.18. The zero-order valence-corrected chi connectivity index (χ0v) is 8.27. The fraction of sp³-hybridized carbons (Fsp3) is 0. The molecule has 2 N–H and O–H groups in total. The number of nitrogens with two attached hydrogens (primary N) is 1. The molecule has 1 heterocycles. The molecule has 0 amide bonds. The van der Waals surface area contributed by atoms with Gasteiger partial charge in [-0.1, -0.05) is 0 Å². The molecule has 0 atom stereocenters. The van der Waals surface area contributed by atoms with Crippen molar-refractivity contribution in [2.45, 2.75) is 0 Å². The fourth-order valence-electron chi connectivity index (χ4n) is 1.47. The van der Waals surface area contributed by atoms with Gasteiger partial charge in [-0.2, -0.15) is 10.5 Å². The number of furan rings is 1. The highest BCUT2D eigenvalue weighted by Gasteiger charge is 2.07. The van der Waals surface area contributed by atoms with Crippen LogP contribution in [0.15, 0.2) is 28.8 Å². The van der Waals surface area contributed by atoms with Gasteiger partial charge in [-0.3, -0.25) is 0 Å². The monoisotopic (exact) mass is 209 g/mol. The Hall–Kier alpha value is -2.72. The number of nitriles is 2. The van der Waals surface area contributed by atoms with E-state index in [1.165, 1.54) is 6.20 Å². The van der Waals surface area contributed by atoms with E-state index >= 15 is 0 Å². The Morgan fingerprint density at radius 2 is 1.81 bits per heavy atom. The van der Waals surface area contributed by atoms with Crippen LogP contribution in [0.5, 0.6) is 0 Å². The number of rotatable bonds is 1. The maximum Gasteiger partial charge on any atom is 0.136 e. The van der Waals surface area contributed by atoms with Gasteiger partial charge in [-0.05, 0) is 24.4 Å². The van der Waals surface area contributed by atoms with Gasteiger partial charge in [0.2, 0.25) is 0 Å². The second kappa shape index (κ2) is 3.80. The molecular formula is C12H7N3O. The predicted octanol–water partition coefficient (Wildman–Crippen LogP) is 2.11. The van der Waals surface area contributed by atoms with Crippen LogP contribution in [0, 0.1) is 22.7 Å². The summed E-state index contributed by atoms with van der Waals surface area (Å²) in [7, 11) is 0. The molecule has 4 heteroatoms. The Morgan fingerprint density at radius 1 is 1.12 bits per heavy atom. The standard InChI is InChI=1S/C12H7N3O/c13-2-1-11-4-8-3-9(6-14)10(7-15)5-12(8)16-11/h1-5H,13H2. The van der Waals surface area contributed by atoms with Gasteiger partial charge in [0, 0.05) is 11.5 Å². The lowest BCUT2D eigenvalue weighted by atomic mass is 10.1. The van der Waals surface area contributed by atoms with Gasteiger partial charge in [-0.25, -0.2) is 0 Å². The molecule has 16 heavy (non-hydrogen) atoms. The third-order valence-electron chi connectivity index (χ3n) is 2.18. The summed E-state index contributed by atoms with van der Waals surface area (Å²) in [5, 5.41) is 18.5. The molecule has 0 unspecified atom stereocenters. The van der Waals surface area contributed by atoms with Crippen molar-refractivity contribution in [1.82, 2.24) is 0 Å². The zero-order valence-electron chi connectivity index (χ0n) is 8.27. The molecule has 1 aromatic heterocycles. The molecule has 76 valence electrons. The van der Waals surface area contributed by atoms with Gasteiger partial charge in [0.15, 0.2) is 0 Å². The third kappa shape index (κ3) is 1.49. The van der Waals surface area contributed by atoms with E-state index in [4.69, 9.17) is 20.7 Å². The van der Waals surface area contributed by atoms with Crippen molar-refractivity contribution in [3.05, 3.63) is 41.3 Å². The van der Waals surface area contributed by atoms with E-state index < -0.39 is 0 Å². The lowest BCUT2D eigenvalue weighted by molar-refractivity contribution is 0.604. The largest absolute Gasteiger partial charge is 0.457 e. The summed E-state index contributed by atoms with van der Waals surface area (Å²) in [6.07, 6.45) is 2.98. The summed E-state index contributed by atoms with van der Waals surface area (Å²) in [6.45, 7) is 0. The maximum absolute atomic E-state index is 8.85. The van der Waals surface area contributed by atoms with Gasteiger partial charge in [0.25, 0.3) is 0 Å². The molecule has 0 aliphatic rings. The molecule has 0 aliphatic heterocycles. The topological polar surface area (TPSA) is 86.7 Å². The van der Waals surface area contributed by atoms with Crippen molar-refractivity contribution in [2.24, 2.45) is 5.73 Å². The van der Waals surface area contributed by atoms with E-state index in [0.717, 1.165) is 5.39 Å². The van der Waals surface area contributed by atoms with Crippen LogP contribution in [0.25, 0.3) is 17.0 Å². The van der Waals surface area contributed by atoms with Crippen LogP contribution in [0.2, 0.25) is 0 Å². The Bertz CT molecular complexity index is 602. The van der Waals surface area contributed by atoms with E-state index in [-0.39, 0.29) is 0 Å². The van der Waals surface area contributed by atoms with Crippen molar-refractivity contribution in [3.63, 3.8) is 0 Å². The van der Waals surface area contributed by atoms with Gasteiger partial charge >= 0.3 is 0 Å². The summed E-state index contributed by atoms with van der Waals surface area (Å²) in [6, 6.07) is 8.88. The fourth-order valence-corrected chi connectivity index (χ4v) is 1.47. The molecule has 0 saturated carbocycles. The summed E-state index contributed by atoms with van der Waals surface area (Å²) < 4.78 is 5.42. The Kier molecular flexibility index (Phi) is 2.33. The normalized spacial score (nSPS) is 10.4. The van der Waals surface area contributed by atoms with Crippen LogP contribution in [0.1, 0.15) is 16.9 Å². The highest BCUT2D eigenvalue weighted by atomic mass is 16.3. The van der Waals surface area contributed by atoms with Gasteiger partial charge in [0.1, 0.15) is 23.5 Å². The van der Waals surface area contributed by atoms with Crippen molar-refractivity contribution in [2.75, 3.05) is 0 Å². The molecule has 1 aromatic carbocycles. The molecule has 0 radical (unpaired) electrons. The first-order chi connectivity index (χ1) is 7.78. The quantitative estimate of drug-likeness (QED) is 0.779. The van der Waals surface area contributed by atoms with E-state index in [9.17, 15) is 0 Å². The second-order valence-corrected chi connectivity index (χ2v) is 3.17. The van der Waals surface area contributed by atoms with Crippen LogP contribution in [-0.4, -0.2) is 0 Å². The summed E-state index contributed by atoms with van der Waals surface area (Å²) in [5.74, 6) is 0.594. The molecule has 0 bridgehead atoms. The Morgan fingerprint density at radius 3 is 2.44 bits per heavy atom. The molecular weight excluding hydrogens is 202 g/mol. The first-order valence-electron chi connectivity index (χ1n) is 4.54. The SMILES string of the molecule is N#Cc1cc2cc(C=CN)oc2cc1C#N. The van der Waals surface area contributed by atoms with Gasteiger partial charge < -0.3 is 10.2 Å². The number of fused-ring (bicyclic) bond motifs is 1. The first-order valence-corrected chi connectivity index (χ1v) is 4.54. The van der Waals surface area contributed by atoms with Crippen molar-refractivity contribution in [1.29, 1.82) is 10.5 Å². The smallest absolute Gasteiger partial charge is 0.136 e. The Labute approximate surface area is 91.8 Å². The second-order valence-electron chi connectivity index (χ2n) is 3.17. The molecule has 2 rings (SSSR count). The van der Waals surface area contributed by atoms with Gasteiger partial charge in [-0.15, -0.1) is 0 Å². The van der Waals surface area contributed by atoms with E-state index in [0.29, 0.717) is 22.5 Å². The van der Waals surface area contributed by atoms with Crippen LogP contribution in [0.3, 0.4) is 0 Å². The molecule has 2 aromatic rings. The molecule has 4 nitrogen and oxygen atoms in total. The highest BCUT2D eigenvalue weighted by molar-refractivity contribution is 5.83. The van der Waals surface area contributed by atoms with E-state index in [1.54, 1.807) is 24.3 Å². The number of benzene rings is 1. The highest BCUT2D eigenvalue weighted by Crippen LogP contribution is 2.23. The van der Waals surface area contributed by atoms with Crippen LogP contribution in [-0.2, 0) is 0 Å². The maximum atomic E-state index is 8.85. The number of hydrogen-bond acceptors (Lipinski definition) is 4. The number of nitrogens with zero attached hydrogens (tertiary/aromatic N) is 2. The molecule has 0 fully saturated rings. The van der Waals surface area contributed by atoms with E-state index in [1.807, 2.05) is 12.1 Å². The predicted molar refractivity (Wildman–Crippen MR) is 58.9 cm³/mol. The number of hydrogen-bond donors (Lipinski definition) is 1.